The quantitative estimate of drug-likeness (QED) is 0.569. The molecule has 0 aromatic heterocycles. The number of aliphatic hydroxyl groups is 1. The molecule has 1 N–H and O–H groups in total. The fraction of sp³-hybridized carbons (Fsp3) is 0.826. The summed E-state index contributed by atoms with van der Waals surface area (Å²) in [7, 11) is 0. The number of carbonyl (C=O) groups is 1. The molecule has 0 amide bonds. The number of nitrogens with zero attached hydrogens (tertiary/aromatic N) is 1. The Labute approximate surface area is 164 Å². The van der Waals surface area contributed by atoms with Crippen molar-refractivity contribution in [3.8, 4) is 6.07 Å². The van der Waals surface area contributed by atoms with E-state index in [-0.39, 0.29) is 29.0 Å². The van der Waals surface area contributed by atoms with Gasteiger partial charge < -0.3 is 9.84 Å². The number of hydrogen-bond donors (Lipinski definition) is 1. The van der Waals surface area contributed by atoms with E-state index in [1.54, 1.807) is 0 Å². The van der Waals surface area contributed by atoms with Gasteiger partial charge in [0.15, 0.2) is 0 Å². The van der Waals surface area contributed by atoms with Crippen molar-refractivity contribution in [2.45, 2.75) is 90.8 Å². The Kier molecular flexibility index (Phi) is 5.73. The van der Waals surface area contributed by atoms with Gasteiger partial charge in [-0.05, 0) is 68.1 Å². The first-order chi connectivity index (χ1) is 12.7. The maximum atomic E-state index is 12.0. The van der Waals surface area contributed by atoms with Crippen LogP contribution in [0, 0.1) is 39.9 Å². The first kappa shape index (κ1) is 20.4. The fourth-order valence-corrected chi connectivity index (χ4v) is 6.62. The SMILES string of the molecule is C=C1CC[C@H]2[C@H](OC(C)=O)[C@@H]([C@@]3(C)CC[C@H](O)C[C@@H]3CCC#N)CC[C@]12C. The summed E-state index contributed by atoms with van der Waals surface area (Å²) in [6, 6.07) is 2.28. The lowest BCUT2D eigenvalue weighted by Gasteiger charge is -2.56. The van der Waals surface area contributed by atoms with Crippen LogP contribution in [0.5, 0.6) is 0 Å². The Morgan fingerprint density at radius 3 is 2.70 bits per heavy atom. The molecular weight excluding hydrogens is 338 g/mol. The Morgan fingerprint density at radius 2 is 2.04 bits per heavy atom. The molecule has 7 atom stereocenters. The highest BCUT2D eigenvalue weighted by Gasteiger charge is 2.58. The van der Waals surface area contributed by atoms with E-state index < -0.39 is 0 Å². The van der Waals surface area contributed by atoms with Gasteiger partial charge in [0.25, 0.3) is 0 Å². The van der Waals surface area contributed by atoms with Gasteiger partial charge in [0.2, 0.25) is 0 Å². The molecule has 150 valence electrons. The minimum Gasteiger partial charge on any atom is -0.462 e. The maximum absolute atomic E-state index is 12.0. The average Bonchev–Trinajstić information content (AvgIpc) is 2.91. The number of allylic oxidation sites excluding steroid dienone is 1. The van der Waals surface area contributed by atoms with Crippen LogP contribution in [0.3, 0.4) is 0 Å². The lowest BCUT2D eigenvalue weighted by molar-refractivity contribution is -0.173. The molecule has 0 aromatic rings. The third-order valence-electron chi connectivity index (χ3n) is 8.41. The summed E-state index contributed by atoms with van der Waals surface area (Å²) >= 11 is 0. The van der Waals surface area contributed by atoms with Crippen LogP contribution in [0.1, 0.15) is 78.6 Å². The van der Waals surface area contributed by atoms with Crippen LogP contribution in [0.15, 0.2) is 12.2 Å². The number of ether oxygens (including phenoxy) is 1. The van der Waals surface area contributed by atoms with Gasteiger partial charge in [-0.3, -0.25) is 4.79 Å². The molecule has 27 heavy (non-hydrogen) atoms. The van der Waals surface area contributed by atoms with E-state index in [0.29, 0.717) is 24.2 Å². The molecule has 3 fully saturated rings. The third kappa shape index (κ3) is 3.56. The van der Waals surface area contributed by atoms with Crippen molar-refractivity contribution in [3.05, 3.63) is 12.2 Å². The molecular formula is C23H35NO3. The fourth-order valence-electron chi connectivity index (χ4n) is 6.62. The van der Waals surface area contributed by atoms with Crippen LogP contribution in [-0.4, -0.2) is 23.3 Å². The van der Waals surface area contributed by atoms with Crippen LogP contribution >= 0.6 is 0 Å². The molecule has 4 nitrogen and oxygen atoms in total. The molecule has 0 heterocycles. The number of rotatable bonds is 4. The van der Waals surface area contributed by atoms with Gasteiger partial charge in [0, 0.05) is 25.2 Å². The molecule has 0 spiro atoms. The molecule has 0 saturated heterocycles. The van der Waals surface area contributed by atoms with Gasteiger partial charge in [-0.2, -0.15) is 5.26 Å². The summed E-state index contributed by atoms with van der Waals surface area (Å²) in [6.45, 7) is 10.5. The number of hydrogen-bond acceptors (Lipinski definition) is 4. The first-order valence-corrected chi connectivity index (χ1v) is 10.6. The number of carbonyl (C=O) groups excluding carboxylic acids is 1. The van der Waals surface area contributed by atoms with Crippen molar-refractivity contribution in [1.82, 2.24) is 0 Å². The Balaban J connectivity index is 1.93. The van der Waals surface area contributed by atoms with E-state index in [2.05, 4.69) is 26.5 Å². The number of aliphatic hydroxyl groups excluding tert-OH is 1. The largest absolute Gasteiger partial charge is 0.462 e. The first-order valence-electron chi connectivity index (χ1n) is 10.6. The normalized spacial score (nSPS) is 44.4. The molecule has 4 heteroatoms. The van der Waals surface area contributed by atoms with Crippen molar-refractivity contribution in [2.75, 3.05) is 0 Å². The second-order valence-corrected chi connectivity index (χ2v) is 9.71. The summed E-state index contributed by atoms with van der Waals surface area (Å²) in [5, 5.41) is 19.4. The molecule has 0 aliphatic heterocycles. The molecule has 3 aliphatic rings. The van der Waals surface area contributed by atoms with Gasteiger partial charge >= 0.3 is 5.97 Å². The zero-order valence-electron chi connectivity index (χ0n) is 17.2. The van der Waals surface area contributed by atoms with Crippen LogP contribution < -0.4 is 0 Å². The van der Waals surface area contributed by atoms with Gasteiger partial charge in [-0.25, -0.2) is 0 Å². The smallest absolute Gasteiger partial charge is 0.302 e. The number of esters is 1. The van der Waals surface area contributed by atoms with E-state index in [4.69, 9.17) is 10.00 Å². The maximum Gasteiger partial charge on any atom is 0.302 e. The molecule has 3 saturated carbocycles. The molecule has 3 rings (SSSR count). The highest BCUT2D eigenvalue weighted by molar-refractivity contribution is 5.66. The second-order valence-electron chi connectivity index (χ2n) is 9.71. The van der Waals surface area contributed by atoms with Crippen molar-refractivity contribution in [1.29, 1.82) is 5.26 Å². The average molecular weight is 374 g/mol. The lowest BCUT2D eigenvalue weighted by atomic mass is 9.51. The summed E-state index contributed by atoms with van der Waals surface area (Å²) in [5.74, 6) is 0.743. The van der Waals surface area contributed by atoms with Gasteiger partial charge in [-0.1, -0.05) is 26.0 Å². The Morgan fingerprint density at radius 1 is 1.30 bits per heavy atom. The number of fused-ring (bicyclic) bond motifs is 1. The lowest BCUT2D eigenvalue weighted by Crippen LogP contribution is -2.54. The van der Waals surface area contributed by atoms with Gasteiger partial charge in [0.1, 0.15) is 6.10 Å². The topological polar surface area (TPSA) is 70.3 Å². The van der Waals surface area contributed by atoms with E-state index in [1.807, 2.05) is 0 Å². The highest BCUT2D eigenvalue weighted by Crippen LogP contribution is 2.62. The molecule has 0 bridgehead atoms. The monoisotopic (exact) mass is 373 g/mol. The Hall–Kier alpha value is -1.34. The molecule has 0 unspecified atom stereocenters. The second kappa shape index (κ2) is 7.59. The highest BCUT2D eigenvalue weighted by atomic mass is 16.5. The standard InChI is InChI=1S/C23H35NO3/c1-15-7-8-19-21(27-16(2)25)20(10-12-22(15,19)3)23(4)11-9-18(26)14-17(23)6-5-13-24/h17-21,26H,1,5-12,14H2,2-4H3/t17-,18-,19-,20-,21-,22+,23-/m0/s1. The zero-order chi connectivity index (χ0) is 19.8. The minimum absolute atomic E-state index is 0.00144. The van der Waals surface area contributed by atoms with Gasteiger partial charge in [0.05, 0.1) is 12.2 Å². The van der Waals surface area contributed by atoms with Crippen molar-refractivity contribution < 1.29 is 14.6 Å². The molecule has 3 aliphatic carbocycles. The van der Waals surface area contributed by atoms with Crippen LogP contribution in [0.25, 0.3) is 0 Å². The Bertz CT molecular complexity index is 638. The van der Waals surface area contributed by atoms with Crippen LogP contribution in [0.4, 0.5) is 0 Å². The summed E-state index contributed by atoms with van der Waals surface area (Å²) in [5.41, 5.74) is 1.39. The summed E-state index contributed by atoms with van der Waals surface area (Å²) < 4.78 is 6.02. The summed E-state index contributed by atoms with van der Waals surface area (Å²) in [6.07, 6.45) is 7.70. The van der Waals surface area contributed by atoms with Crippen molar-refractivity contribution >= 4 is 5.97 Å². The minimum atomic E-state index is -0.269. The van der Waals surface area contributed by atoms with E-state index in [0.717, 1.165) is 51.4 Å². The van der Waals surface area contributed by atoms with E-state index in [9.17, 15) is 9.90 Å². The zero-order valence-corrected chi connectivity index (χ0v) is 17.2. The van der Waals surface area contributed by atoms with Crippen molar-refractivity contribution in [3.63, 3.8) is 0 Å². The summed E-state index contributed by atoms with van der Waals surface area (Å²) in [4.78, 5) is 12.0. The van der Waals surface area contributed by atoms with Crippen molar-refractivity contribution in [2.24, 2.45) is 28.6 Å². The predicted molar refractivity (Wildman–Crippen MR) is 105 cm³/mol. The van der Waals surface area contributed by atoms with Crippen LogP contribution in [0.2, 0.25) is 0 Å². The predicted octanol–water partition coefficient (Wildman–Crippen LogP) is 4.77. The third-order valence-corrected chi connectivity index (χ3v) is 8.41. The number of nitriles is 1. The van der Waals surface area contributed by atoms with Crippen LogP contribution in [-0.2, 0) is 9.53 Å². The van der Waals surface area contributed by atoms with E-state index >= 15 is 0 Å². The van der Waals surface area contributed by atoms with Gasteiger partial charge in [-0.15, -0.1) is 0 Å². The van der Waals surface area contributed by atoms with E-state index in [1.165, 1.54) is 12.5 Å². The molecule has 0 aromatic carbocycles. The molecule has 0 radical (unpaired) electrons.